The van der Waals surface area contributed by atoms with Crippen molar-refractivity contribution < 1.29 is 0 Å². The molecule has 0 radical (unpaired) electrons. The van der Waals surface area contributed by atoms with Crippen LogP contribution in [0.5, 0.6) is 0 Å². The molecule has 4 nitrogen and oxygen atoms in total. The molecular formula is C14H22N4S. The Morgan fingerprint density at radius 2 is 2.16 bits per heavy atom. The number of H-pyrrole nitrogens is 1. The van der Waals surface area contributed by atoms with Crippen molar-refractivity contribution in [2.45, 2.75) is 44.9 Å². The minimum atomic E-state index is 0.636. The standard InChI is InChI=1S/C14H22N4S/c1-3-8-18-9-15-14(19-2)11-13(18)17-12(16-11)10-6-4-5-7-10/h10H,3-9H2,1-2H3,(H,16,17). The maximum Gasteiger partial charge on any atom is 0.158 e. The fourth-order valence-corrected chi connectivity index (χ4v) is 3.59. The van der Waals surface area contributed by atoms with Crippen LogP contribution in [0.15, 0.2) is 4.99 Å². The minimum absolute atomic E-state index is 0.636. The first-order valence-electron chi connectivity index (χ1n) is 7.27. The molecule has 19 heavy (non-hydrogen) atoms. The first-order chi connectivity index (χ1) is 9.33. The average molecular weight is 278 g/mol. The molecule has 0 saturated heterocycles. The highest BCUT2D eigenvalue weighted by Crippen LogP contribution is 2.36. The number of fused-ring (bicyclic) bond motifs is 1. The normalized spacial score (nSPS) is 19.7. The number of nitrogens with zero attached hydrogens (tertiary/aromatic N) is 3. The molecule has 1 saturated carbocycles. The molecule has 1 aromatic heterocycles. The molecule has 0 spiro atoms. The van der Waals surface area contributed by atoms with Gasteiger partial charge in [0.05, 0.1) is 0 Å². The molecule has 0 aromatic carbocycles. The highest BCUT2D eigenvalue weighted by Gasteiger charge is 2.27. The van der Waals surface area contributed by atoms with Gasteiger partial charge >= 0.3 is 0 Å². The van der Waals surface area contributed by atoms with Crippen LogP contribution in [0.4, 0.5) is 5.82 Å². The van der Waals surface area contributed by atoms with E-state index in [0.29, 0.717) is 5.92 Å². The molecule has 0 unspecified atom stereocenters. The summed E-state index contributed by atoms with van der Waals surface area (Å²) in [7, 11) is 0. The number of aromatic amines is 1. The molecule has 1 N–H and O–H groups in total. The molecule has 2 aliphatic rings. The maximum absolute atomic E-state index is 4.91. The van der Waals surface area contributed by atoms with Crippen LogP contribution in [0, 0.1) is 0 Å². The number of imidazole rings is 1. The number of nitrogens with one attached hydrogen (secondary N) is 1. The summed E-state index contributed by atoms with van der Waals surface area (Å²) in [6.45, 7) is 4.00. The lowest BCUT2D eigenvalue weighted by atomic mass is 10.1. The van der Waals surface area contributed by atoms with Gasteiger partial charge in [-0.05, 0) is 25.5 Å². The van der Waals surface area contributed by atoms with E-state index in [0.717, 1.165) is 36.2 Å². The molecule has 0 atom stereocenters. The Morgan fingerprint density at radius 3 is 2.84 bits per heavy atom. The fraction of sp³-hybridized carbons (Fsp3) is 0.714. The van der Waals surface area contributed by atoms with Crippen molar-refractivity contribution in [2.75, 3.05) is 24.4 Å². The summed E-state index contributed by atoms with van der Waals surface area (Å²) in [6, 6.07) is 0. The largest absolute Gasteiger partial charge is 0.338 e. The second-order valence-corrected chi connectivity index (χ2v) is 6.17. The van der Waals surface area contributed by atoms with Crippen LogP contribution < -0.4 is 4.90 Å². The van der Waals surface area contributed by atoms with Gasteiger partial charge in [-0.2, -0.15) is 0 Å². The van der Waals surface area contributed by atoms with E-state index < -0.39 is 0 Å². The molecule has 1 aliphatic heterocycles. The third kappa shape index (κ3) is 2.40. The van der Waals surface area contributed by atoms with Crippen molar-refractivity contribution in [3.63, 3.8) is 0 Å². The van der Waals surface area contributed by atoms with Crippen molar-refractivity contribution in [1.29, 1.82) is 0 Å². The van der Waals surface area contributed by atoms with Gasteiger partial charge in [-0.1, -0.05) is 19.8 Å². The first-order valence-corrected chi connectivity index (χ1v) is 8.49. The van der Waals surface area contributed by atoms with Gasteiger partial charge in [0.25, 0.3) is 0 Å². The van der Waals surface area contributed by atoms with Gasteiger partial charge < -0.3 is 9.88 Å². The summed E-state index contributed by atoms with van der Waals surface area (Å²) in [6.07, 6.45) is 8.48. The van der Waals surface area contributed by atoms with E-state index in [4.69, 9.17) is 4.98 Å². The van der Waals surface area contributed by atoms with Gasteiger partial charge in [0.2, 0.25) is 0 Å². The predicted octanol–water partition coefficient (Wildman–Crippen LogP) is 3.36. The van der Waals surface area contributed by atoms with E-state index in [1.165, 1.54) is 31.5 Å². The van der Waals surface area contributed by atoms with Crippen molar-refractivity contribution in [1.82, 2.24) is 9.97 Å². The van der Waals surface area contributed by atoms with Crippen LogP contribution in [0.1, 0.15) is 56.5 Å². The number of thioether (sulfide) groups is 1. The molecule has 1 aliphatic carbocycles. The van der Waals surface area contributed by atoms with Gasteiger partial charge in [0.1, 0.15) is 23.2 Å². The zero-order valence-corrected chi connectivity index (χ0v) is 12.6. The topological polar surface area (TPSA) is 44.3 Å². The van der Waals surface area contributed by atoms with Gasteiger partial charge in [0.15, 0.2) is 5.82 Å². The average Bonchev–Trinajstić information content (AvgIpc) is 3.08. The second kappa shape index (κ2) is 5.57. The Hall–Kier alpha value is -0.970. The number of hydrogen-bond acceptors (Lipinski definition) is 4. The Kier molecular flexibility index (Phi) is 3.82. The Morgan fingerprint density at radius 1 is 1.37 bits per heavy atom. The van der Waals surface area contributed by atoms with Crippen molar-refractivity contribution in [3.05, 3.63) is 11.5 Å². The molecular weight excluding hydrogens is 256 g/mol. The highest BCUT2D eigenvalue weighted by molar-refractivity contribution is 8.13. The minimum Gasteiger partial charge on any atom is -0.338 e. The molecule has 104 valence electrons. The van der Waals surface area contributed by atoms with Crippen LogP contribution in [-0.2, 0) is 0 Å². The number of anilines is 1. The molecule has 1 aromatic rings. The van der Waals surface area contributed by atoms with Crippen LogP contribution in [0.25, 0.3) is 0 Å². The van der Waals surface area contributed by atoms with Crippen LogP contribution in [0.2, 0.25) is 0 Å². The third-order valence-electron chi connectivity index (χ3n) is 4.03. The third-order valence-corrected chi connectivity index (χ3v) is 4.75. The highest BCUT2D eigenvalue weighted by atomic mass is 32.2. The molecule has 1 fully saturated rings. The summed E-state index contributed by atoms with van der Waals surface area (Å²) in [5.74, 6) is 2.95. The van der Waals surface area contributed by atoms with Crippen molar-refractivity contribution >= 4 is 22.6 Å². The van der Waals surface area contributed by atoms with E-state index in [9.17, 15) is 0 Å². The lowest BCUT2D eigenvalue weighted by Crippen LogP contribution is -2.29. The van der Waals surface area contributed by atoms with Crippen LogP contribution in [-0.4, -0.2) is 34.5 Å². The van der Waals surface area contributed by atoms with Gasteiger partial charge in [0, 0.05) is 12.5 Å². The first kappa shape index (κ1) is 13.0. The summed E-state index contributed by atoms with van der Waals surface area (Å²) in [5.41, 5.74) is 1.15. The molecule has 5 heteroatoms. The number of rotatable bonds is 3. The maximum atomic E-state index is 4.91. The number of aromatic nitrogens is 2. The monoisotopic (exact) mass is 278 g/mol. The fourth-order valence-electron chi connectivity index (χ4n) is 3.06. The summed E-state index contributed by atoms with van der Waals surface area (Å²) in [5, 5.41) is 1.11. The number of hydrogen-bond donors (Lipinski definition) is 1. The molecule has 2 heterocycles. The quantitative estimate of drug-likeness (QED) is 0.922. The molecule has 0 bridgehead atoms. The van der Waals surface area contributed by atoms with Crippen molar-refractivity contribution in [2.24, 2.45) is 4.99 Å². The van der Waals surface area contributed by atoms with E-state index in [1.54, 1.807) is 11.8 Å². The van der Waals surface area contributed by atoms with Crippen molar-refractivity contribution in [3.8, 4) is 0 Å². The Balaban J connectivity index is 1.93. The SMILES string of the molecule is CCCN1CN=C(SC)c2[nH]c(C3CCCC3)nc21. The second-order valence-electron chi connectivity index (χ2n) is 5.37. The van der Waals surface area contributed by atoms with Gasteiger partial charge in [-0.15, -0.1) is 11.8 Å². The van der Waals surface area contributed by atoms with E-state index in [-0.39, 0.29) is 0 Å². The summed E-state index contributed by atoms with van der Waals surface area (Å²) in [4.78, 5) is 15.4. The summed E-state index contributed by atoms with van der Waals surface area (Å²) < 4.78 is 0. The summed E-state index contributed by atoms with van der Waals surface area (Å²) >= 11 is 1.72. The van der Waals surface area contributed by atoms with E-state index in [2.05, 4.69) is 28.1 Å². The van der Waals surface area contributed by atoms with E-state index >= 15 is 0 Å². The predicted molar refractivity (Wildman–Crippen MR) is 82.4 cm³/mol. The smallest absolute Gasteiger partial charge is 0.158 e. The van der Waals surface area contributed by atoms with E-state index in [1.807, 2.05) is 0 Å². The number of aliphatic imine (C=N–C) groups is 1. The van der Waals surface area contributed by atoms with Gasteiger partial charge in [-0.25, -0.2) is 4.98 Å². The Labute approximate surface area is 119 Å². The van der Waals surface area contributed by atoms with Crippen LogP contribution in [0.3, 0.4) is 0 Å². The van der Waals surface area contributed by atoms with Gasteiger partial charge in [-0.3, -0.25) is 4.99 Å². The zero-order chi connectivity index (χ0) is 13.2. The lowest BCUT2D eigenvalue weighted by molar-refractivity contribution is 0.676. The molecule has 0 amide bonds. The van der Waals surface area contributed by atoms with Crippen LogP contribution >= 0.6 is 11.8 Å². The Bertz CT molecular complexity index is 474. The molecule has 3 rings (SSSR count). The lowest BCUT2D eigenvalue weighted by Gasteiger charge is -2.25. The zero-order valence-electron chi connectivity index (χ0n) is 11.8.